The first kappa shape index (κ1) is 25.6. The van der Waals surface area contributed by atoms with Gasteiger partial charge in [-0.25, -0.2) is 4.79 Å². The van der Waals surface area contributed by atoms with E-state index in [4.69, 9.17) is 18.9 Å². The molecule has 0 heterocycles. The van der Waals surface area contributed by atoms with E-state index in [9.17, 15) is 4.79 Å². The molecule has 2 aromatic rings. The van der Waals surface area contributed by atoms with Crippen LogP contribution in [-0.4, -0.2) is 58.4 Å². The van der Waals surface area contributed by atoms with Crippen molar-refractivity contribution in [3.63, 3.8) is 0 Å². The van der Waals surface area contributed by atoms with Crippen LogP contribution in [0.25, 0.3) is 0 Å². The van der Waals surface area contributed by atoms with E-state index in [1.54, 1.807) is 12.1 Å². The van der Waals surface area contributed by atoms with Gasteiger partial charge < -0.3 is 23.8 Å². The molecule has 2 aromatic carbocycles. The van der Waals surface area contributed by atoms with Crippen molar-refractivity contribution < 1.29 is 23.7 Å². The molecule has 0 saturated heterocycles. The topological polar surface area (TPSA) is 57.2 Å². The summed E-state index contributed by atoms with van der Waals surface area (Å²) in [4.78, 5) is 14.8. The molecule has 30 heavy (non-hydrogen) atoms. The van der Waals surface area contributed by atoms with Gasteiger partial charge in [0.05, 0.1) is 33.5 Å². The van der Waals surface area contributed by atoms with Crippen molar-refractivity contribution in [1.29, 1.82) is 0 Å². The zero-order valence-corrected chi connectivity index (χ0v) is 19.0. The quantitative estimate of drug-likeness (QED) is 0.365. The van der Waals surface area contributed by atoms with Gasteiger partial charge in [0.1, 0.15) is 0 Å². The number of likely N-dealkylation sites (N-methyl/N-ethyl adjacent to an activating group) is 1. The molecule has 0 saturated carbocycles. The molecule has 0 aliphatic rings. The van der Waals surface area contributed by atoms with Crippen molar-refractivity contribution in [2.75, 3.05) is 47.6 Å². The maximum atomic E-state index is 12.4. The molecular weight excluding hydrogens is 406 g/mol. The van der Waals surface area contributed by atoms with Crippen molar-refractivity contribution >= 4 is 18.4 Å². The van der Waals surface area contributed by atoms with Crippen LogP contribution in [0.5, 0.6) is 17.2 Å². The Kier molecular flexibility index (Phi) is 11.7. The fraction of sp³-hybridized carbons (Fsp3) is 0.435. The molecule has 0 unspecified atom stereocenters. The van der Waals surface area contributed by atoms with Gasteiger partial charge in [-0.2, -0.15) is 0 Å². The van der Waals surface area contributed by atoms with Crippen molar-refractivity contribution in [3.8, 4) is 17.2 Å². The van der Waals surface area contributed by atoms with Crippen molar-refractivity contribution in [3.05, 3.63) is 53.6 Å². The second-order valence-corrected chi connectivity index (χ2v) is 6.57. The zero-order valence-electron chi connectivity index (χ0n) is 18.2. The lowest BCUT2D eigenvalue weighted by Crippen LogP contribution is -2.28. The summed E-state index contributed by atoms with van der Waals surface area (Å²) in [5.74, 6) is 0.897. The van der Waals surface area contributed by atoms with Gasteiger partial charge in [-0.05, 0) is 37.1 Å². The van der Waals surface area contributed by atoms with Crippen LogP contribution in [0.2, 0.25) is 0 Å². The molecule has 0 amide bonds. The van der Waals surface area contributed by atoms with E-state index in [1.807, 2.05) is 6.07 Å². The van der Waals surface area contributed by atoms with Crippen molar-refractivity contribution in [1.82, 2.24) is 4.90 Å². The summed E-state index contributed by atoms with van der Waals surface area (Å²) in [5.41, 5.74) is 1.70. The molecule has 0 aliphatic carbocycles. The number of halogens is 1. The summed E-state index contributed by atoms with van der Waals surface area (Å²) in [7, 11) is 4.55. The number of methoxy groups -OCH3 is 3. The van der Waals surface area contributed by atoms with Gasteiger partial charge >= 0.3 is 5.97 Å². The maximum Gasteiger partial charge on any atom is 0.338 e. The Morgan fingerprint density at radius 2 is 1.57 bits per heavy atom. The van der Waals surface area contributed by atoms with Gasteiger partial charge in [0.25, 0.3) is 0 Å². The minimum Gasteiger partial charge on any atom is -0.493 e. The fourth-order valence-electron chi connectivity index (χ4n) is 3.10. The van der Waals surface area contributed by atoms with Gasteiger partial charge in [-0.15, -0.1) is 12.4 Å². The Morgan fingerprint density at radius 3 is 2.10 bits per heavy atom. The normalized spacial score (nSPS) is 10.3. The van der Waals surface area contributed by atoms with Crippen LogP contribution in [0, 0.1) is 0 Å². The summed E-state index contributed by atoms with van der Waals surface area (Å²) in [5, 5.41) is 0. The highest BCUT2D eigenvalue weighted by atomic mass is 35.5. The van der Waals surface area contributed by atoms with E-state index < -0.39 is 5.97 Å². The largest absolute Gasteiger partial charge is 0.493 e. The lowest BCUT2D eigenvalue weighted by Gasteiger charge is -2.20. The highest BCUT2D eigenvalue weighted by Crippen LogP contribution is 2.38. The fourth-order valence-corrected chi connectivity index (χ4v) is 3.10. The summed E-state index contributed by atoms with van der Waals surface area (Å²) < 4.78 is 21.3. The SMILES string of the molecule is CCN(CCCOC(=O)c1cc(OC)c(OC)c(OC)c1)CCc1ccccc1.Cl. The number of carbonyl (C=O) groups excluding carboxylic acids is 1. The Balaban J connectivity index is 0.00000450. The van der Waals surface area contributed by atoms with E-state index in [2.05, 4.69) is 36.1 Å². The van der Waals surface area contributed by atoms with Crippen LogP contribution in [0.4, 0.5) is 0 Å². The Hall–Kier alpha value is -2.44. The Bertz CT molecular complexity index is 744. The van der Waals surface area contributed by atoms with Crippen LogP contribution < -0.4 is 14.2 Å². The predicted octanol–water partition coefficient (Wildman–Crippen LogP) is 4.25. The lowest BCUT2D eigenvalue weighted by atomic mass is 10.1. The summed E-state index contributed by atoms with van der Waals surface area (Å²) in [6, 6.07) is 13.6. The molecule has 0 spiro atoms. The van der Waals surface area contributed by atoms with Crippen LogP contribution in [-0.2, 0) is 11.2 Å². The lowest BCUT2D eigenvalue weighted by molar-refractivity contribution is 0.0488. The molecular formula is C23H32ClNO5. The minimum absolute atomic E-state index is 0. The number of esters is 1. The molecule has 0 fully saturated rings. The summed E-state index contributed by atoms with van der Waals surface area (Å²) in [6.45, 7) is 5.34. The van der Waals surface area contributed by atoms with E-state index in [0.29, 0.717) is 29.4 Å². The minimum atomic E-state index is -0.406. The van der Waals surface area contributed by atoms with Gasteiger partial charge in [0.15, 0.2) is 11.5 Å². The summed E-state index contributed by atoms with van der Waals surface area (Å²) >= 11 is 0. The number of nitrogens with zero attached hydrogens (tertiary/aromatic N) is 1. The van der Waals surface area contributed by atoms with Gasteiger partial charge in [-0.1, -0.05) is 37.3 Å². The van der Waals surface area contributed by atoms with E-state index >= 15 is 0 Å². The average molecular weight is 438 g/mol. The first-order valence-corrected chi connectivity index (χ1v) is 9.86. The number of benzene rings is 2. The molecule has 6 nitrogen and oxygen atoms in total. The number of rotatable bonds is 12. The molecule has 2 rings (SSSR count). The first-order chi connectivity index (χ1) is 14.1. The van der Waals surface area contributed by atoms with Gasteiger partial charge in [0, 0.05) is 13.1 Å². The molecule has 0 aromatic heterocycles. The third kappa shape index (κ3) is 7.43. The van der Waals surface area contributed by atoms with E-state index in [0.717, 1.165) is 32.5 Å². The monoisotopic (exact) mass is 437 g/mol. The predicted molar refractivity (Wildman–Crippen MR) is 121 cm³/mol. The molecule has 166 valence electrons. The van der Waals surface area contributed by atoms with Crippen molar-refractivity contribution in [2.45, 2.75) is 19.8 Å². The second kappa shape index (κ2) is 13.7. The molecule has 0 bridgehead atoms. The highest BCUT2D eigenvalue weighted by Gasteiger charge is 2.17. The number of hydrogen-bond donors (Lipinski definition) is 0. The smallest absolute Gasteiger partial charge is 0.338 e. The van der Waals surface area contributed by atoms with Crippen molar-refractivity contribution in [2.24, 2.45) is 0 Å². The maximum absolute atomic E-state index is 12.4. The molecule has 0 atom stereocenters. The Labute approximate surface area is 185 Å². The summed E-state index contributed by atoms with van der Waals surface area (Å²) in [6.07, 6.45) is 1.79. The van der Waals surface area contributed by atoms with Crippen LogP contribution in [0.15, 0.2) is 42.5 Å². The van der Waals surface area contributed by atoms with Crippen LogP contribution in [0.1, 0.15) is 29.3 Å². The second-order valence-electron chi connectivity index (χ2n) is 6.57. The zero-order chi connectivity index (χ0) is 21.1. The van der Waals surface area contributed by atoms with Crippen LogP contribution >= 0.6 is 12.4 Å². The molecule has 0 radical (unpaired) electrons. The highest BCUT2D eigenvalue weighted by molar-refractivity contribution is 5.91. The van der Waals surface area contributed by atoms with Gasteiger partial charge in [0.2, 0.25) is 5.75 Å². The van der Waals surface area contributed by atoms with Crippen LogP contribution in [0.3, 0.4) is 0 Å². The molecule has 0 aliphatic heterocycles. The number of hydrogen-bond acceptors (Lipinski definition) is 6. The molecule has 0 N–H and O–H groups in total. The van der Waals surface area contributed by atoms with Gasteiger partial charge in [-0.3, -0.25) is 0 Å². The first-order valence-electron chi connectivity index (χ1n) is 9.86. The third-order valence-corrected chi connectivity index (χ3v) is 4.76. The Morgan fingerprint density at radius 1 is 0.933 bits per heavy atom. The van der Waals surface area contributed by atoms with E-state index in [-0.39, 0.29) is 12.4 Å². The average Bonchev–Trinajstić information content (AvgIpc) is 2.77. The molecule has 7 heteroatoms. The third-order valence-electron chi connectivity index (χ3n) is 4.76. The standard InChI is InChI=1S/C23H31NO5.ClH/c1-5-24(14-12-18-10-7-6-8-11-18)13-9-15-29-23(25)19-16-20(26-2)22(28-4)21(17-19)27-3;/h6-8,10-11,16-17H,5,9,12-15H2,1-4H3;1H. The number of carbonyl (C=O) groups is 1. The van der Waals surface area contributed by atoms with E-state index in [1.165, 1.54) is 26.9 Å². The number of ether oxygens (including phenoxy) is 4.